The zero-order valence-corrected chi connectivity index (χ0v) is 15.6. The number of benzene rings is 2. The highest BCUT2D eigenvalue weighted by molar-refractivity contribution is 5.95. The van der Waals surface area contributed by atoms with Crippen molar-refractivity contribution in [2.24, 2.45) is 0 Å². The highest BCUT2D eigenvalue weighted by atomic mass is 16.5. The molecule has 2 aromatic rings. The van der Waals surface area contributed by atoms with Gasteiger partial charge in [-0.1, -0.05) is 0 Å². The summed E-state index contributed by atoms with van der Waals surface area (Å²) < 4.78 is 10.2. The van der Waals surface area contributed by atoms with Crippen LogP contribution in [0.3, 0.4) is 0 Å². The number of hydrogen-bond donors (Lipinski definition) is 1. The average Bonchev–Trinajstić information content (AvgIpc) is 2.74. The fraction of sp³-hybridized carbons (Fsp3) is 0.333. The van der Waals surface area contributed by atoms with Crippen LogP contribution in [0.2, 0.25) is 0 Å². The maximum atomic E-state index is 12.6. The normalized spacial score (nSPS) is 14.5. The number of nitrogens with zero attached hydrogens (tertiary/aromatic N) is 1. The first-order chi connectivity index (χ1) is 13.1. The lowest BCUT2D eigenvalue weighted by Gasteiger charge is -2.32. The molecule has 142 valence electrons. The molecule has 3 rings (SSSR count). The third-order valence-corrected chi connectivity index (χ3v) is 4.81. The first kappa shape index (κ1) is 18.8. The molecule has 0 aliphatic carbocycles. The molecule has 0 spiro atoms. The van der Waals surface area contributed by atoms with Crippen LogP contribution in [0.25, 0.3) is 0 Å². The van der Waals surface area contributed by atoms with Gasteiger partial charge in [0.2, 0.25) is 0 Å². The lowest BCUT2D eigenvalue weighted by Crippen LogP contribution is -2.46. The Morgan fingerprint density at radius 2 is 1.33 bits per heavy atom. The van der Waals surface area contributed by atoms with Crippen molar-refractivity contribution in [1.82, 2.24) is 10.2 Å². The number of hydrogen-bond acceptors (Lipinski definition) is 4. The standard InChI is InChI=1S/C21H24N2O4/c1-26-18-7-3-15(4-8-18)20(24)22-17-11-13-23(14-12-17)21(25)16-5-9-19(27-2)10-6-16/h3-10,17H,11-14H2,1-2H3,(H,22,24). The molecule has 1 aliphatic heterocycles. The molecule has 0 saturated carbocycles. The van der Waals surface area contributed by atoms with Gasteiger partial charge >= 0.3 is 0 Å². The molecule has 0 atom stereocenters. The van der Waals surface area contributed by atoms with Crippen molar-refractivity contribution in [1.29, 1.82) is 0 Å². The van der Waals surface area contributed by atoms with Gasteiger partial charge in [0.15, 0.2) is 0 Å². The number of ether oxygens (including phenoxy) is 2. The van der Waals surface area contributed by atoms with Gasteiger partial charge in [-0.25, -0.2) is 0 Å². The lowest BCUT2D eigenvalue weighted by atomic mass is 10.0. The maximum Gasteiger partial charge on any atom is 0.253 e. The molecule has 1 N–H and O–H groups in total. The van der Waals surface area contributed by atoms with Crippen LogP contribution in [0.5, 0.6) is 11.5 Å². The van der Waals surface area contributed by atoms with Crippen molar-refractivity contribution in [3.05, 3.63) is 59.7 Å². The van der Waals surface area contributed by atoms with Gasteiger partial charge in [0.1, 0.15) is 11.5 Å². The second kappa shape index (κ2) is 8.58. The van der Waals surface area contributed by atoms with Crippen LogP contribution >= 0.6 is 0 Å². The second-order valence-electron chi connectivity index (χ2n) is 6.50. The number of methoxy groups -OCH3 is 2. The fourth-order valence-corrected chi connectivity index (χ4v) is 3.15. The number of piperidine rings is 1. The molecule has 1 saturated heterocycles. The molecular formula is C21H24N2O4. The summed E-state index contributed by atoms with van der Waals surface area (Å²) in [4.78, 5) is 26.8. The third-order valence-electron chi connectivity index (χ3n) is 4.81. The van der Waals surface area contributed by atoms with Crippen LogP contribution in [0.15, 0.2) is 48.5 Å². The van der Waals surface area contributed by atoms with E-state index in [1.54, 1.807) is 62.8 Å². The van der Waals surface area contributed by atoms with E-state index in [1.807, 2.05) is 4.90 Å². The van der Waals surface area contributed by atoms with Crippen molar-refractivity contribution in [2.75, 3.05) is 27.3 Å². The quantitative estimate of drug-likeness (QED) is 0.881. The molecule has 2 amide bonds. The predicted octanol–water partition coefficient (Wildman–Crippen LogP) is 2.74. The van der Waals surface area contributed by atoms with Crippen molar-refractivity contribution in [3.8, 4) is 11.5 Å². The zero-order chi connectivity index (χ0) is 19.2. The minimum absolute atomic E-state index is 0.0117. The van der Waals surface area contributed by atoms with Crippen LogP contribution in [0, 0.1) is 0 Å². The monoisotopic (exact) mass is 368 g/mol. The third kappa shape index (κ3) is 4.58. The van der Waals surface area contributed by atoms with Gasteiger partial charge in [0.25, 0.3) is 11.8 Å². The van der Waals surface area contributed by atoms with Crippen molar-refractivity contribution >= 4 is 11.8 Å². The van der Waals surface area contributed by atoms with E-state index < -0.39 is 0 Å². The van der Waals surface area contributed by atoms with Crippen molar-refractivity contribution in [2.45, 2.75) is 18.9 Å². The fourth-order valence-electron chi connectivity index (χ4n) is 3.15. The Labute approximate surface area is 159 Å². The summed E-state index contributed by atoms with van der Waals surface area (Å²) in [5, 5.41) is 3.05. The predicted molar refractivity (Wildman–Crippen MR) is 102 cm³/mol. The van der Waals surface area contributed by atoms with Gasteiger partial charge < -0.3 is 19.7 Å². The Bertz CT molecular complexity index is 779. The number of amides is 2. The topological polar surface area (TPSA) is 67.9 Å². The summed E-state index contributed by atoms with van der Waals surface area (Å²) in [6.45, 7) is 1.25. The summed E-state index contributed by atoms with van der Waals surface area (Å²) >= 11 is 0. The molecule has 0 radical (unpaired) electrons. The summed E-state index contributed by atoms with van der Waals surface area (Å²) in [7, 11) is 3.19. The van der Waals surface area contributed by atoms with Gasteiger partial charge in [-0.05, 0) is 61.4 Å². The summed E-state index contributed by atoms with van der Waals surface area (Å²) in [6.07, 6.45) is 1.48. The van der Waals surface area contributed by atoms with E-state index in [0.717, 1.165) is 24.3 Å². The Morgan fingerprint density at radius 1 is 0.852 bits per heavy atom. The first-order valence-corrected chi connectivity index (χ1v) is 8.99. The van der Waals surface area contributed by atoms with Gasteiger partial charge in [0.05, 0.1) is 14.2 Å². The number of nitrogens with one attached hydrogen (secondary N) is 1. The molecule has 1 heterocycles. The zero-order valence-electron chi connectivity index (χ0n) is 15.6. The molecule has 27 heavy (non-hydrogen) atoms. The Balaban J connectivity index is 1.51. The number of likely N-dealkylation sites (tertiary alicyclic amines) is 1. The SMILES string of the molecule is COc1ccc(C(=O)NC2CCN(C(=O)c3ccc(OC)cc3)CC2)cc1. The molecule has 2 aromatic carbocycles. The van der Waals surface area contributed by atoms with Crippen LogP contribution in [0.4, 0.5) is 0 Å². The second-order valence-corrected chi connectivity index (χ2v) is 6.50. The average molecular weight is 368 g/mol. The van der Waals surface area contributed by atoms with E-state index in [4.69, 9.17) is 9.47 Å². The van der Waals surface area contributed by atoms with E-state index in [0.29, 0.717) is 24.2 Å². The summed E-state index contributed by atoms with van der Waals surface area (Å²) in [6, 6.07) is 14.2. The molecular weight excluding hydrogens is 344 g/mol. The largest absolute Gasteiger partial charge is 0.497 e. The number of rotatable bonds is 5. The van der Waals surface area contributed by atoms with Crippen LogP contribution in [-0.4, -0.2) is 50.1 Å². The molecule has 0 unspecified atom stereocenters. The van der Waals surface area contributed by atoms with Crippen LogP contribution in [-0.2, 0) is 0 Å². The van der Waals surface area contributed by atoms with E-state index in [1.165, 1.54) is 0 Å². The Hall–Kier alpha value is -3.02. The van der Waals surface area contributed by atoms with Crippen LogP contribution < -0.4 is 14.8 Å². The molecule has 6 heteroatoms. The number of carbonyl (C=O) groups is 2. The summed E-state index contributed by atoms with van der Waals surface area (Å²) in [5.74, 6) is 1.36. The van der Waals surface area contributed by atoms with Crippen molar-refractivity contribution in [3.63, 3.8) is 0 Å². The Morgan fingerprint density at radius 3 is 1.81 bits per heavy atom. The van der Waals surface area contributed by atoms with Gasteiger partial charge in [-0.2, -0.15) is 0 Å². The minimum atomic E-state index is -0.0995. The van der Waals surface area contributed by atoms with Gasteiger partial charge in [-0.15, -0.1) is 0 Å². The smallest absolute Gasteiger partial charge is 0.253 e. The van der Waals surface area contributed by atoms with E-state index >= 15 is 0 Å². The molecule has 1 aliphatic rings. The first-order valence-electron chi connectivity index (χ1n) is 8.99. The molecule has 0 bridgehead atoms. The highest BCUT2D eigenvalue weighted by Crippen LogP contribution is 2.18. The molecule has 1 fully saturated rings. The van der Waals surface area contributed by atoms with E-state index in [2.05, 4.69) is 5.32 Å². The van der Waals surface area contributed by atoms with Gasteiger partial charge in [-0.3, -0.25) is 9.59 Å². The van der Waals surface area contributed by atoms with Crippen LogP contribution in [0.1, 0.15) is 33.6 Å². The Kier molecular flexibility index (Phi) is 5.96. The summed E-state index contributed by atoms with van der Waals surface area (Å²) in [5.41, 5.74) is 1.25. The maximum absolute atomic E-state index is 12.6. The number of carbonyl (C=O) groups excluding carboxylic acids is 2. The lowest BCUT2D eigenvalue weighted by molar-refractivity contribution is 0.0698. The molecule has 6 nitrogen and oxygen atoms in total. The van der Waals surface area contributed by atoms with Gasteiger partial charge in [0, 0.05) is 30.3 Å². The highest BCUT2D eigenvalue weighted by Gasteiger charge is 2.25. The van der Waals surface area contributed by atoms with E-state index in [9.17, 15) is 9.59 Å². The molecule has 0 aromatic heterocycles. The van der Waals surface area contributed by atoms with Crippen molar-refractivity contribution < 1.29 is 19.1 Å². The minimum Gasteiger partial charge on any atom is -0.497 e. The van der Waals surface area contributed by atoms with E-state index in [-0.39, 0.29) is 17.9 Å².